The van der Waals surface area contributed by atoms with Gasteiger partial charge in [0.05, 0.1) is 6.10 Å². The molecule has 0 aliphatic heterocycles. The first kappa shape index (κ1) is 17.4. The Morgan fingerprint density at radius 3 is 2.62 bits per heavy atom. The molecule has 2 atom stereocenters. The van der Waals surface area contributed by atoms with Crippen LogP contribution in [0.5, 0.6) is 0 Å². The average molecular weight is 298 g/mol. The Kier molecular flexibility index (Phi) is 6.14. The van der Waals surface area contributed by atoms with Crippen molar-refractivity contribution in [2.45, 2.75) is 65.0 Å². The summed E-state index contributed by atoms with van der Waals surface area (Å²) < 4.78 is 5.17. The van der Waals surface area contributed by atoms with Crippen molar-refractivity contribution in [3.8, 4) is 0 Å². The van der Waals surface area contributed by atoms with Crippen LogP contribution in [-0.4, -0.2) is 33.9 Å². The average Bonchev–Trinajstić information content (AvgIpc) is 2.87. The predicted molar refractivity (Wildman–Crippen MR) is 78.9 cm³/mol. The third kappa shape index (κ3) is 5.71. The lowest BCUT2D eigenvalue weighted by molar-refractivity contribution is 0.160. The number of nitrogens with zero attached hydrogens (tertiary/aromatic N) is 2. The fourth-order valence-electron chi connectivity index (χ4n) is 1.58. The number of hydrogen-bond donors (Lipinski definition) is 3. The summed E-state index contributed by atoms with van der Waals surface area (Å²) in [6.07, 6.45) is 0.831. The minimum Gasteiger partial charge on any atom is -0.393 e. The highest BCUT2D eigenvalue weighted by Crippen LogP contribution is 2.20. The Morgan fingerprint density at radius 2 is 2.10 bits per heavy atom. The molecule has 3 N–H and O–H groups in total. The molecule has 0 aromatic carbocycles. The van der Waals surface area contributed by atoms with Gasteiger partial charge in [0.1, 0.15) is 6.04 Å². The topological polar surface area (TPSA) is 100 Å². The van der Waals surface area contributed by atoms with Crippen molar-refractivity contribution in [3.63, 3.8) is 0 Å². The number of carbonyl (C=O) groups excluding carboxylic acids is 1. The summed E-state index contributed by atoms with van der Waals surface area (Å²) in [5.74, 6) is 0.987. The lowest BCUT2D eigenvalue weighted by Crippen LogP contribution is -2.38. The number of aliphatic hydroxyl groups excluding tert-OH is 1. The molecule has 0 radical (unpaired) electrons. The van der Waals surface area contributed by atoms with E-state index in [0.717, 1.165) is 0 Å². The van der Waals surface area contributed by atoms with Gasteiger partial charge in [0.15, 0.2) is 5.82 Å². The van der Waals surface area contributed by atoms with E-state index in [1.54, 1.807) is 6.92 Å². The van der Waals surface area contributed by atoms with Crippen LogP contribution in [0.2, 0.25) is 0 Å². The molecule has 120 valence electrons. The first-order chi connectivity index (χ1) is 9.74. The van der Waals surface area contributed by atoms with E-state index < -0.39 is 0 Å². The summed E-state index contributed by atoms with van der Waals surface area (Å²) in [5, 5.41) is 18.7. The molecule has 2 unspecified atom stereocenters. The Hall–Kier alpha value is -1.63. The second-order valence-corrected chi connectivity index (χ2v) is 6.18. The summed E-state index contributed by atoms with van der Waals surface area (Å²) >= 11 is 0. The molecule has 0 spiro atoms. The molecule has 21 heavy (non-hydrogen) atoms. The van der Waals surface area contributed by atoms with Gasteiger partial charge in [0.2, 0.25) is 5.89 Å². The molecule has 0 aliphatic carbocycles. The van der Waals surface area contributed by atoms with Crippen LogP contribution >= 0.6 is 0 Å². The van der Waals surface area contributed by atoms with E-state index in [1.165, 1.54) is 0 Å². The first-order valence-corrected chi connectivity index (χ1v) is 7.30. The van der Waals surface area contributed by atoms with Crippen LogP contribution in [0.4, 0.5) is 4.79 Å². The van der Waals surface area contributed by atoms with Crippen molar-refractivity contribution in [2.24, 2.45) is 0 Å². The number of rotatable bonds is 6. The van der Waals surface area contributed by atoms with Crippen LogP contribution in [0.1, 0.15) is 65.2 Å². The van der Waals surface area contributed by atoms with Crippen LogP contribution in [0.15, 0.2) is 4.52 Å². The molecule has 1 aromatic rings. The number of carbonyl (C=O) groups is 1. The Morgan fingerprint density at radius 1 is 1.43 bits per heavy atom. The minimum absolute atomic E-state index is 0.194. The fourth-order valence-corrected chi connectivity index (χ4v) is 1.58. The van der Waals surface area contributed by atoms with Gasteiger partial charge in [-0.15, -0.1) is 0 Å². The number of aliphatic hydroxyl groups is 1. The molecular weight excluding hydrogens is 272 g/mol. The van der Waals surface area contributed by atoms with Crippen molar-refractivity contribution >= 4 is 6.03 Å². The molecule has 1 aromatic heterocycles. The number of aromatic nitrogens is 2. The number of nitrogens with one attached hydrogen (secondary N) is 2. The van der Waals surface area contributed by atoms with Crippen LogP contribution in [0.3, 0.4) is 0 Å². The quantitative estimate of drug-likeness (QED) is 0.744. The number of urea groups is 1. The zero-order valence-electron chi connectivity index (χ0n) is 13.4. The standard InChI is InChI=1S/C14H26N4O3/c1-6-10(19)7-8-15-13(20)16-9(2)11-17-12(18-21-11)14(3,4)5/h9-10,19H,6-8H2,1-5H3,(H2,15,16,20). The second-order valence-electron chi connectivity index (χ2n) is 6.18. The maximum absolute atomic E-state index is 11.7. The zero-order valence-corrected chi connectivity index (χ0v) is 13.4. The molecule has 0 fully saturated rings. The van der Waals surface area contributed by atoms with Crippen molar-refractivity contribution in [3.05, 3.63) is 11.7 Å². The maximum Gasteiger partial charge on any atom is 0.315 e. The van der Waals surface area contributed by atoms with Gasteiger partial charge in [-0.3, -0.25) is 0 Å². The van der Waals surface area contributed by atoms with Crippen LogP contribution in [-0.2, 0) is 5.41 Å². The summed E-state index contributed by atoms with van der Waals surface area (Å²) in [6, 6.07) is -0.689. The van der Waals surface area contributed by atoms with Gasteiger partial charge < -0.3 is 20.3 Å². The largest absolute Gasteiger partial charge is 0.393 e. The van der Waals surface area contributed by atoms with Gasteiger partial charge >= 0.3 is 6.03 Å². The third-order valence-corrected chi connectivity index (χ3v) is 3.06. The summed E-state index contributed by atoms with van der Waals surface area (Å²) in [5.41, 5.74) is -0.194. The lowest BCUT2D eigenvalue weighted by atomic mass is 9.96. The minimum atomic E-state index is -0.381. The van der Waals surface area contributed by atoms with E-state index in [-0.39, 0.29) is 23.6 Å². The van der Waals surface area contributed by atoms with E-state index in [9.17, 15) is 9.90 Å². The SMILES string of the molecule is CCC(O)CCNC(=O)NC(C)c1nc(C(C)(C)C)no1. The molecule has 7 heteroatoms. The molecule has 0 saturated heterocycles. The van der Waals surface area contributed by atoms with Crippen LogP contribution in [0.25, 0.3) is 0 Å². The summed E-state index contributed by atoms with van der Waals surface area (Å²) in [7, 11) is 0. The molecule has 7 nitrogen and oxygen atoms in total. The van der Waals surface area contributed by atoms with Crippen LogP contribution in [0, 0.1) is 0 Å². The second kappa shape index (κ2) is 7.40. The van der Waals surface area contributed by atoms with Gasteiger partial charge in [-0.2, -0.15) is 4.98 Å². The van der Waals surface area contributed by atoms with Crippen molar-refractivity contribution < 1.29 is 14.4 Å². The first-order valence-electron chi connectivity index (χ1n) is 7.30. The molecule has 0 saturated carbocycles. The van der Waals surface area contributed by atoms with Gasteiger partial charge in [-0.25, -0.2) is 4.79 Å². The van der Waals surface area contributed by atoms with Crippen molar-refractivity contribution in [2.75, 3.05) is 6.54 Å². The van der Waals surface area contributed by atoms with Gasteiger partial charge in [0, 0.05) is 12.0 Å². The predicted octanol–water partition coefficient (Wildman–Crippen LogP) is 1.89. The molecule has 1 rings (SSSR count). The van der Waals surface area contributed by atoms with E-state index in [4.69, 9.17) is 4.52 Å². The van der Waals surface area contributed by atoms with Crippen molar-refractivity contribution in [1.82, 2.24) is 20.8 Å². The molecule has 0 aliphatic rings. The van der Waals surface area contributed by atoms with E-state index in [0.29, 0.717) is 31.1 Å². The Balaban J connectivity index is 2.44. The van der Waals surface area contributed by atoms with E-state index >= 15 is 0 Å². The summed E-state index contributed by atoms with van der Waals surface area (Å²) in [6.45, 7) is 10.1. The molecule has 1 heterocycles. The van der Waals surface area contributed by atoms with Gasteiger partial charge in [-0.05, 0) is 19.8 Å². The zero-order chi connectivity index (χ0) is 16.0. The highest BCUT2D eigenvalue weighted by atomic mass is 16.5. The highest BCUT2D eigenvalue weighted by Gasteiger charge is 2.23. The highest BCUT2D eigenvalue weighted by molar-refractivity contribution is 5.74. The van der Waals surface area contributed by atoms with Gasteiger partial charge in [-0.1, -0.05) is 32.9 Å². The molecule has 0 bridgehead atoms. The normalized spacial score (nSPS) is 14.6. The fraction of sp³-hybridized carbons (Fsp3) is 0.786. The Labute approximate surface area is 125 Å². The monoisotopic (exact) mass is 298 g/mol. The smallest absolute Gasteiger partial charge is 0.315 e. The van der Waals surface area contributed by atoms with Crippen LogP contribution < -0.4 is 10.6 Å². The third-order valence-electron chi connectivity index (χ3n) is 3.06. The Bertz CT molecular complexity index is 453. The van der Waals surface area contributed by atoms with Gasteiger partial charge in [0.25, 0.3) is 0 Å². The number of hydrogen-bond acceptors (Lipinski definition) is 5. The number of amides is 2. The van der Waals surface area contributed by atoms with E-state index in [2.05, 4.69) is 20.8 Å². The lowest BCUT2D eigenvalue weighted by Gasteiger charge is -2.13. The molecule has 2 amide bonds. The van der Waals surface area contributed by atoms with E-state index in [1.807, 2.05) is 27.7 Å². The van der Waals surface area contributed by atoms with Crippen molar-refractivity contribution in [1.29, 1.82) is 0 Å². The molecular formula is C14H26N4O3. The summed E-state index contributed by atoms with van der Waals surface area (Å²) in [4.78, 5) is 16.0. The maximum atomic E-state index is 11.7.